The van der Waals surface area contributed by atoms with Crippen molar-refractivity contribution in [2.75, 3.05) is 6.54 Å². The minimum Gasteiger partial charge on any atom is -0.311 e. The van der Waals surface area contributed by atoms with Crippen LogP contribution in [-0.2, 0) is 6.54 Å². The molecule has 0 fully saturated rings. The van der Waals surface area contributed by atoms with Crippen molar-refractivity contribution in [1.29, 1.82) is 0 Å². The van der Waals surface area contributed by atoms with Gasteiger partial charge in [0.1, 0.15) is 5.82 Å². The molecular formula is C9H13FN2. The fourth-order valence-electron chi connectivity index (χ4n) is 0.904. The zero-order valence-corrected chi connectivity index (χ0v) is 7.18. The number of nitrogens with zero attached hydrogens (tertiary/aromatic N) is 1. The maximum absolute atomic E-state index is 12.4. The maximum Gasteiger partial charge on any atom is 0.141 e. The molecule has 0 spiro atoms. The van der Waals surface area contributed by atoms with Crippen molar-refractivity contribution in [2.45, 2.75) is 19.9 Å². The minimum atomic E-state index is -0.283. The van der Waals surface area contributed by atoms with Gasteiger partial charge in [-0.3, -0.25) is 4.98 Å². The molecule has 1 aromatic rings. The van der Waals surface area contributed by atoms with Gasteiger partial charge >= 0.3 is 0 Å². The normalized spacial score (nSPS) is 10.2. The predicted octanol–water partition coefficient (Wildman–Crippen LogP) is 1.72. The van der Waals surface area contributed by atoms with Crippen molar-refractivity contribution in [1.82, 2.24) is 10.3 Å². The average Bonchev–Trinajstić information content (AvgIpc) is 2.09. The first-order valence-corrected chi connectivity index (χ1v) is 4.14. The van der Waals surface area contributed by atoms with Gasteiger partial charge in [0.15, 0.2) is 0 Å². The summed E-state index contributed by atoms with van der Waals surface area (Å²) in [4.78, 5) is 3.91. The molecule has 0 amide bonds. The van der Waals surface area contributed by atoms with Crippen LogP contribution < -0.4 is 5.32 Å². The number of aromatic nitrogens is 1. The number of nitrogens with one attached hydrogen (secondary N) is 1. The van der Waals surface area contributed by atoms with Gasteiger partial charge in [0, 0.05) is 6.54 Å². The smallest absolute Gasteiger partial charge is 0.141 e. The van der Waals surface area contributed by atoms with E-state index in [0.717, 1.165) is 18.7 Å². The van der Waals surface area contributed by atoms with E-state index >= 15 is 0 Å². The molecule has 66 valence electrons. The molecule has 1 N–H and O–H groups in total. The maximum atomic E-state index is 12.4. The average molecular weight is 168 g/mol. The predicted molar refractivity (Wildman–Crippen MR) is 46.2 cm³/mol. The summed E-state index contributed by atoms with van der Waals surface area (Å²) in [5.41, 5.74) is 0.879. The van der Waals surface area contributed by atoms with Crippen molar-refractivity contribution < 1.29 is 4.39 Å². The zero-order chi connectivity index (χ0) is 8.81. The number of halogens is 1. The molecule has 0 unspecified atom stereocenters. The molecule has 2 nitrogen and oxygen atoms in total. The molecule has 0 bridgehead atoms. The summed E-state index contributed by atoms with van der Waals surface area (Å²) in [6.07, 6.45) is 2.34. The molecular weight excluding hydrogens is 155 g/mol. The SMILES string of the molecule is CCCNCc1ccc(F)cn1. The van der Waals surface area contributed by atoms with E-state index in [1.54, 1.807) is 6.07 Å². The third-order valence-corrected chi connectivity index (χ3v) is 1.52. The molecule has 3 heteroatoms. The number of rotatable bonds is 4. The van der Waals surface area contributed by atoms with Gasteiger partial charge in [-0.05, 0) is 25.1 Å². The third kappa shape index (κ3) is 2.96. The van der Waals surface area contributed by atoms with Gasteiger partial charge in [-0.25, -0.2) is 4.39 Å². The van der Waals surface area contributed by atoms with Gasteiger partial charge < -0.3 is 5.32 Å². The van der Waals surface area contributed by atoms with Crippen LogP contribution in [0.4, 0.5) is 4.39 Å². The Bertz CT molecular complexity index is 220. The Morgan fingerprint density at radius 2 is 2.33 bits per heavy atom. The quantitative estimate of drug-likeness (QED) is 0.692. The number of hydrogen-bond acceptors (Lipinski definition) is 2. The highest BCUT2D eigenvalue weighted by molar-refractivity contribution is 5.04. The lowest BCUT2D eigenvalue weighted by atomic mass is 10.3. The molecule has 0 atom stereocenters. The highest BCUT2D eigenvalue weighted by atomic mass is 19.1. The van der Waals surface area contributed by atoms with E-state index in [4.69, 9.17) is 0 Å². The first-order chi connectivity index (χ1) is 5.83. The second-order valence-corrected chi connectivity index (χ2v) is 2.64. The first kappa shape index (κ1) is 9.13. The minimum absolute atomic E-state index is 0.283. The van der Waals surface area contributed by atoms with Crippen LogP contribution in [0.25, 0.3) is 0 Å². The number of hydrogen-bond donors (Lipinski definition) is 1. The standard InChI is InChI=1S/C9H13FN2/c1-2-5-11-7-9-4-3-8(10)6-12-9/h3-4,6,11H,2,5,7H2,1H3. The molecule has 0 saturated carbocycles. The van der Waals surface area contributed by atoms with Crippen molar-refractivity contribution in [3.05, 3.63) is 29.8 Å². The van der Waals surface area contributed by atoms with Crippen molar-refractivity contribution in [3.8, 4) is 0 Å². The van der Waals surface area contributed by atoms with E-state index in [1.165, 1.54) is 12.3 Å². The summed E-state index contributed by atoms with van der Waals surface area (Å²) in [5, 5.41) is 3.19. The first-order valence-electron chi connectivity index (χ1n) is 4.14. The third-order valence-electron chi connectivity index (χ3n) is 1.52. The van der Waals surface area contributed by atoms with E-state index in [0.29, 0.717) is 6.54 Å². The fourth-order valence-corrected chi connectivity index (χ4v) is 0.904. The van der Waals surface area contributed by atoms with Crippen LogP contribution in [0.3, 0.4) is 0 Å². The van der Waals surface area contributed by atoms with E-state index in [9.17, 15) is 4.39 Å². The molecule has 12 heavy (non-hydrogen) atoms. The van der Waals surface area contributed by atoms with Crippen LogP contribution in [-0.4, -0.2) is 11.5 Å². The van der Waals surface area contributed by atoms with Crippen LogP contribution in [0.5, 0.6) is 0 Å². The Morgan fingerprint density at radius 1 is 1.50 bits per heavy atom. The van der Waals surface area contributed by atoms with Gasteiger partial charge in [0.25, 0.3) is 0 Å². The summed E-state index contributed by atoms with van der Waals surface area (Å²) in [6.45, 7) is 3.79. The second kappa shape index (κ2) is 4.83. The molecule has 0 aliphatic rings. The summed E-state index contributed by atoms with van der Waals surface area (Å²) < 4.78 is 12.4. The van der Waals surface area contributed by atoms with Crippen molar-refractivity contribution >= 4 is 0 Å². The highest BCUT2D eigenvalue weighted by Gasteiger charge is 1.93. The molecule has 0 aliphatic heterocycles. The summed E-state index contributed by atoms with van der Waals surface area (Å²) in [5.74, 6) is -0.283. The lowest BCUT2D eigenvalue weighted by Crippen LogP contribution is -2.14. The monoisotopic (exact) mass is 168 g/mol. The summed E-state index contributed by atoms with van der Waals surface area (Å²) >= 11 is 0. The van der Waals surface area contributed by atoms with Crippen LogP contribution in [0.1, 0.15) is 19.0 Å². The lowest BCUT2D eigenvalue weighted by molar-refractivity contribution is 0.613. The van der Waals surface area contributed by atoms with Gasteiger partial charge in [-0.15, -0.1) is 0 Å². The van der Waals surface area contributed by atoms with Crippen LogP contribution in [0, 0.1) is 5.82 Å². The lowest BCUT2D eigenvalue weighted by Gasteiger charge is -2.01. The molecule has 0 aromatic carbocycles. The largest absolute Gasteiger partial charge is 0.311 e. The second-order valence-electron chi connectivity index (χ2n) is 2.64. The Balaban J connectivity index is 2.37. The van der Waals surface area contributed by atoms with Crippen molar-refractivity contribution in [3.63, 3.8) is 0 Å². The molecule has 1 aromatic heterocycles. The topological polar surface area (TPSA) is 24.9 Å². The van der Waals surface area contributed by atoms with Gasteiger partial charge in [-0.1, -0.05) is 6.92 Å². The molecule has 0 radical (unpaired) electrons. The van der Waals surface area contributed by atoms with Crippen LogP contribution >= 0.6 is 0 Å². The molecule has 1 rings (SSSR count). The molecule has 0 aliphatic carbocycles. The Labute approximate surface area is 71.8 Å². The summed E-state index contributed by atoms with van der Waals surface area (Å²) in [6, 6.07) is 3.12. The fraction of sp³-hybridized carbons (Fsp3) is 0.444. The van der Waals surface area contributed by atoms with Crippen LogP contribution in [0.2, 0.25) is 0 Å². The Morgan fingerprint density at radius 3 is 2.92 bits per heavy atom. The summed E-state index contributed by atoms with van der Waals surface area (Å²) in [7, 11) is 0. The van der Waals surface area contributed by atoms with Crippen LogP contribution in [0.15, 0.2) is 18.3 Å². The van der Waals surface area contributed by atoms with E-state index in [-0.39, 0.29) is 5.82 Å². The van der Waals surface area contributed by atoms with Crippen molar-refractivity contribution in [2.24, 2.45) is 0 Å². The van der Waals surface area contributed by atoms with Gasteiger partial charge in [-0.2, -0.15) is 0 Å². The Kier molecular flexibility index (Phi) is 3.67. The highest BCUT2D eigenvalue weighted by Crippen LogP contribution is 1.97. The van der Waals surface area contributed by atoms with E-state index < -0.39 is 0 Å². The number of pyridine rings is 1. The molecule has 0 saturated heterocycles. The van der Waals surface area contributed by atoms with Gasteiger partial charge in [0.05, 0.1) is 11.9 Å². The molecule has 1 heterocycles. The van der Waals surface area contributed by atoms with E-state index in [1.807, 2.05) is 0 Å². The van der Waals surface area contributed by atoms with Gasteiger partial charge in [0.2, 0.25) is 0 Å². The van der Waals surface area contributed by atoms with E-state index in [2.05, 4.69) is 17.2 Å². The Hall–Kier alpha value is -0.960. The zero-order valence-electron chi connectivity index (χ0n) is 7.18.